The fourth-order valence-electron chi connectivity index (χ4n) is 2.83. The van der Waals surface area contributed by atoms with Crippen molar-refractivity contribution in [3.05, 3.63) is 59.2 Å². The van der Waals surface area contributed by atoms with Gasteiger partial charge in [-0.05, 0) is 42.7 Å². The van der Waals surface area contributed by atoms with Crippen LogP contribution in [0, 0.1) is 6.92 Å². The molecule has 0 spiro atoms. The lowest BCUT2D eigenvalue weighted by molar-refractivity contribution is -0.120. The van der Waals surface area contributed by atoms with Crippen molar-refractivity contribution in [3.8, 4) is 0 Å². The largest absolute Gasteiger partial charge is 0.465 e. The lowest BCUT2D eigenvalue weighted by Gasteiger charge is -2.22. The van der Waals surface area contributed by atoms with E-state index in [1.807, 2.05) is 32.0 Å². The molecule has 0 aliphatic heterocycles. The molecule has 0 saturated heterocycles. The van der Waals surface area contributed by atoms with Gasteiger partial charge in [-0.15, -0.1) is 0 Å². The Morgan fingerprint density at radius 1 is 1.11 bits per heavy atom. The quantitative estimate of drug-likeness (QED) is 0.794. The maximum Gasteiger partial charge on any atom is 0.337 e. The molecule has 0 saturated carbocycles. The van der Waals surface area contributed by atoms with Crippen molar-refractivity contribution in [2.45, 2.75) is 27.2 Å². The molecule has 0 atom stereocenters. The van der Waals surface area contributed by atoms with E-state index in [1.54, 1.807) is 18.2 Å². The summed E-state index contributed by atoms with van der Waals surface area (Å²) in [4.78, 5) is 37.8. The molecule has 0 aromatic heterocycles. The second-order valence-corrected chi connectivity index (χ2v) is 6.16. The van der Waals surface area contributed by atoms with Gasteiger partial charge in [0.1, 0.15) is 6.54 Å². The Balaban J connectivity index is 2.23. The van der Waals surface area contributed by atoms with E-state index in [0.717, 1.165) is 23.2 Å². The van der Waals surface area contributed by atoms with Crippen molar-refractivity contribution in [2.75, 3.05) is 23.9 Å². The summed E-state index contributed by atoms with van der Waals surface area (Å²) in [5, 5.41) is 2.91. The number of amides is 2. The lowest BCUT2D eigenvalue weighted by atomic mass is 10.1. The Morgan fingerprint density at radius 2 is 1.81 bits per heavy atom. The number of rotatable bonds is 6. The van der Waals surface area contributed by atoms with Gasteiger partial charge in [0.15, 0.2) is 0 Å². The minimum atomic E-state index is -0.502. The molecule has 2 aromatic carbocycles. The van der Waals surface area contributed by atoms with E-state index < -0.39 is 5.97 Å². The van der Waals surface area contributed by atoms with E-state index in [9.17, 15) is 14.4 Å². The van der Waals surface area contributed by atoms with Crippen LogP contribution in [0.5, 0.6) is 0 Å². The van der Waals surface area contributed by atoms with Gasteiger partial charge in [-0.1, -0.05) is 31.2 Å². The second kappa shape index (κ2) is 8.98. The molecule has 2 rings (SSSR count). The average molecular weight is 368 g/mol. The number of hydrogen-bond donors (Lipinski definition) is 1. The first-order valence-corrected chi connectivity index (χ1v) is 8.72. The molecule has 6 heteroatoms. The zero-order valence-corrected chi connectivity index (χ0v) is 16.0. The van der Waals surface area contributed by atoms with E-state index in [0.29, 0.717) is 11.3 Å². The molecular formula is C21H24N2O4. The zero-order valence-electron chi connectivity index (χ0n) is 16.0. The maximum atomic E-state index is 12.6. The Kier molecular flexibility index (Phi) is 6.71. The zero-order chi connectivity index (χ0) is 20.0. The number of anilines is 2. The van der Waals surface area contributed by atoms with E-state index in [4.69, 9.17) is 4.74 Å². The summed E-state index contributed by atoms with van der Waals surface area (Å²) in [5.41, 5.74) is 3.54. The molecule has 27 heavy (non-hydrogen) atoms. The smallest absolute Gasteiger partial charge is 0.337 e. The first kappa shape index (κ1) is 20.2. The minimum Gasteiger partial charge on any atom is -0.465 e. The molecule has 1 N–H and O–H groups in total. The number of nitrogens with zero attached hydrogens (tertiary/aromatic N) is 1. The number of carbonyl (C=O) groups excluding carboxylic acids is 3. The molecular weight excluding hydrogens is 344 g/mol. The second-order valence-electron chi connectivity index (χ2n) is 6.16. The molecule has 142 valence electrons. The Hall–Kier alpha value is -3.15. The van der Waals surface area contributed by atoms with Gasteiger partial charge in [0.05, 0.1) is 12.7 Å². The van der Waals surface area contributed by atoms with E-state index in [-0.39, 0.29) is 18.4 Å². The van der Waals surface area contributed by atoms with Crippen LogP contribution in [0.2, 0.25) is 0 Å². The Bertz CT molecular complexity index is 861. The number of benzene rings is 2. The third kappa shape index (κ3) is 4.94. The van der Waals surface area contributed by atoms with Gasteiger partial charge in [-0.25, -0.2) is 4.79 Å². The number of esters is 1. The fraction of sp³-hybridized carbons (Fsp3) is 0.286. The molecule has 6 nitrogen and oxygen atoms in total. The number of carbonyl (C=O) groups is 3. The molecule has 0 radical (unpaired) electrons. The van der Waals surface area contributed by atoms with Crippen LogP contribution in [0.3, 0.4) is 0 Å². The number of hydrogen-bond acceptors (Lipinski definition) is 4. The van der Waals surface area contributed by atoms with Crippen molar-refractivity contribution >= 4 is 29.2 Å². The van der Waals surface area contributed by atoms with Crippen molar-refractivity contribution in [2.24, 2.45) is 0 Å². The topological polar surface area (TPSA) is 75.7 Å². The Morgan fingerprint density at radius 3 is 2.44 bits per heavy atom. The predicted octanol–water partition coefficient (Wildman–Crippen LogP) is 3.34. The van der Waals surface area contributed by atoms with Crippen molar-refractivity contribution < 1.29 is 19.1 Å². The Labute approximate surface area is 159 Å². The van der Waals surface area contributed by atoms with Crippen LogP contribution < -0.4 is 10.2 Å². The number of ether oxygens (including phenoxy) is 1. The third-order valence-electron chi connectivity index (χ3n) is 4.27. The van der Waals surface area contributed by atoms with Gasteiger partial charge in [0.25, 0.3) is 0 Å². The van der Waals surface area contributed by atoms with Gasteiger partial charge in [-0.2, -0.15) is 0 Å². The van der Waals surface area contributed by atoms with E-state index in [1.165, 1.54) is 25.0 Å². The normalized spacial score (nSPS) is 10.2. The van der Waals surface area contributed by atoms with Crippen LogP contribution in [0.4, 0.5) is 11.4 Å². The number of methoxy groups -OCH3 is 1. The molecule has 0 fully saturated rings. The first-order valence-electron chi connectivity index (χ1n) is 8.72. The molecule has 0 unspecified atom stereocenters. The highest BCUT2D eigenvalue weighted by molar-refractivity contribution is 6.03. The van der Waals surface area contributed by atoms with Crippen molar-refractivity contribution in [1.29, 1.82) is 0 Å². The van der Waals surface area contributed by atoms with Crippen LogP contribution >= 0.6 is 0 Å². The summed E-state index contributed by atoms with van der Waals surface area (Å²) < 4.78 is 4.71. The van der Waals surface area contributed by atoms with Crippen molar-refractivity contribution in [1.82, 2.24) is 0 Å². The third-order valence-corrected chi connectivity index (χ3v) is 4.27. The minimum absolute atomic E-state index is 0.155. The van der Waals surface area contributed by atoms with Gasteiger partial charge in [0, 0.05) is 18.3 Å². The van der Waals surface area contributed by atoms with Gasteiger partial charge >= 0.3 is 5.97 Å². The molecule has 2 aromatic rings. The van der Waals surface area contributed by atoms with Crippen molar-refractivity contribution in [3.63, 3.8) is 0 Å². The number of aryl methyl sites for hydroxylation is 2. The standard InChI is InChI=1S/C21H24N2O4/c1-5-16-9-6-8-14(2)20(16)22-19(25)13-23(15(3)24)18-11-7-10-17(12-18)21(26)27-4/h6-12H,5,13H2,1-4H3,(H,22,25). The number of para-hydroxylation sites is 1. The molecule has 0 aliphatic carbocycles. The maximum absolute atomic E-state index is 12.6. The summed E-state index contributed by atoms with van der Waals surface area (Å²) >= 11 is 0. The average Bonchev–Trinajstić information content (AvgIpc) is 2.66. The summed E-state index contributed by atoms with van der Waals surface area (Å²) in [6.07, 6.45) is 0.787. The summed E-state index contributed by atoms with van der Waals surface area (Å²) in [5.74, 6) is -1.11. The molecule has 0 aliphatic rings. The number of nitrogens with one attached hydrogen (secondary N) is 1. The summed E-state index contributed by atoms with van der Waals surface area (Å²) in [7, 11) is 1.29. The molecule has 0 heterocycles. The van der Waals surface area contributed by atoms with Crippen LogP contribution in [0.25, 0.3) is 0 Å². The molecule has 0 bridgehead atoms. The van der Waals surface area contributed by atoms with Gasteiger partial charge < -0.3 is 15.0 Å². The SMILES string of the molecule is CCc1cccc(C)c1NC(=O)CN(C(C)=O)c1cccc(C(=O)OC)c1. The highest BCUT2D eigenvalue weighted by Gasteiger charge is 2.18. The first-order chi connectivity index (χ1) is 12.9. The van der Waals surface area contributed by atoms with Crippen LogP contribution in [-0.2, 0) is 20.7 Å². The highest BCUT2D eigenvalue weighted by Crippen LogP contribution is 2.22. The summed E-state index contributed by atoms with van der Waals surface area (Å²) in [6, 6.07) is 12.3. The van der Waals surface area contributed by atoms with Gasteiger partial charge in [-0.3, -0.25) is 9.59 Å². The van der Waals surface area contributed by atoms with Crippen LogP contribution in [0.15, 0.2) is 42.5 Å². The van der Waals surface area contributed by atoms with E-state index in [2.05, 4.69) is 5.32 Å². The van der Waals surface area contributed by atoms with E-state index >= 15 is 0 Å². The molecule has 2 amide bonds. The van der Waals surface area contributed by atoms with Crippen LogP contribution in [-0.4, -0.2) is 31.4 Å². The highest BCUT2D eigenvalue weighted by atomic mass is 16.5. The van der Waals surface area contributed by atoms with Crippen LogP contribution in [0.1, 0.15) is 35.3 Å². The van der Waals surface area contributed by atoms with Gasteiger partial charge in [0.2, 0.25) is 11.8 Å². The predicted molar refractivity (Wildman–Crippen MR) is 105 cm³/mol. The fourth-order valence-corrected chi connectivity index (χ4v) is 2.83. The monoisotopic (exact) mass is 368 g/mol. The summed E-state index contributed by atoms with van der Waals surface area (Å²) in [6.45, 7) is 5.17. The lowest BCUT2D eigenvalue weighted by Crippen LogP contribution is -2.37.